The number of benzene rings is 1. The van der Waals surface area contributed by atoms with E-state index in [2.05, 4.69) is 4.98 Å². The molecule has 0 amide bonds. The molecule has 1 aliphatic carbocycles. The summed E-state index contributed by atoms with van der Waals surface area (Å²) in [5.74, 6) is -4.55. The van der Waals surface area contributed by atoms with Crippen LogP contribution in [0.3, 0.4) is 0 Å². The second-order valence-electron chi connectivity index (χ2n) is 5.92. The van der Waals surface area contributed by atoms with Gasteiger partial charge in [-0.25, -0.2) is 13.2 Å². The molecule has 3 nitrogen and oxygen atoms in total. The lowest BCUT2D eigenvalue weighted by atomic mass is 9.80. The summed E-state index contributed by atoms with van der Waals surface area (Å²) in [4.78, 5) is 16.6. The largest absolute Gasteiger partial charge is 0.387 e. The molecule has 1 N–H and O–H groups in total. The van der Waals surface area contributed by atoms with Gasteiger partial charge in [-0.05, 0) is 42.5 Å². The van der Waals surface area contributed by atoms with Crippen molar-refractivity contribution in [2.24, 2.45) is 0 Å². The molecule has 2 aromatic rings. The van der Waals surface area contributed by atoms with Gasteiger partial charge in [-0.15, -0.1) is 0 Å². The lowest BCUT2D eigenvalue weighted by Crippen LogP contribution is -2.22. The Labute approximate surface area is 137 Å². The molecule has 0 saturated carbocycles. The van der Waals surface area contributed by atoms with Crippen LogP contribution in [-0.2, 0) is 11.2 Å². The van der Waals surface area contributed by atoms with E-state index in [0.29, 0.717) is 24.1 Å². The fourth-order valence-electron chi connectivity index (χ4n) is 3.15. The molecule has 0 aliphatic heterocycles. The van der Waals surface area contributed by atoms with E-state index in [0.717, 1.165) is 12.1 Å². The number of aromatic nitrogens is 1. The van der Waals surface area contributed by atoms with Crippen molar-refractivity contribution in [1.29, 1.82) is 0 Å². The minimum absolute atomic E-state index is 0.00346. The van der Waals surface area contributed by atoms with Crippen molar-refractivity contribution in [3.8, 4) is 0 Å². The topological polar surface area (TPSA) is 50.2 Å². The molecule has 1 aromatic heterocycles. The average Bonchev–Trinajstić information content (AvgIpc) is 2.59. The average molecular weight is 335 g/mol. The molecule has 1 heterocycles. The van der Waals surface area contributed by atoms with Crippen molar-refractivity contribution in [2.75, 3.05) is 0 Å². The number of aliphatic hydroxyl groups excluding tert-OH is 1. The van der Waals surface area contributed by atoms with Gasteiger partial charge in [0.25, 0.3) is 0 Å². The van der Waals surface area contributed by atoms with Gasteiger partial charge in [0.15, 0.2) is 17.5 Å². The van der Waals surface area contributed by atoms with Gasteiger partial charge < -0.3 is 5.11 Å². The first-order valence-corrected chi connectivity index (χ1v) is 7.77. The highest BCUT2D eigenvalue weighted by Crippen LogP contribution is 2.37. The van der Waals surface area contributed by atoms with Gasteiger partial charge in [0.1, 0.15) is 5.78 Å². The van der Waals surface area contributed by atoms with Crippen molar-refractivity contribution in [2.45, 2.75) is 37.7 Å². The van der Waals surface area contributed by atoms with E-state index in [9.17, 15) is 23.1 Å². The number of aryl methyl sites for hydroxylation is 1. The van der Waals surface area contributed by atoms with Crippen LogP contribution >= 0.6 is 0 Å². The van der Waals surface area contributed by atoms with Crippen LogP contribution < -0.4 is 0 Å². The van der Waals surface area contributed by atoms with Gasteiger partial charge in [-0.2, -0.15) is 0 Å². The summed E-state index contributed by atoms with van der Waals surface area (Å²) in [7, 11) is 0. The van der Waals surface area contributed by atoms with Crippen molar-refractivity contribution >= 4 is 5.78 Å². The molecule has 6 heteroatoms. The molecule has 126 valence electrons. The number of rotatable bonds is 4. The number of carbonyl (C=O) groups excluding carboxylic acids is 1. The summed E-state index contributed by atoms with van der Waals surface area (Å²) in [6.07, 6.45) is 1.80. The highest BCUT2D eigenvalue weighted by Gasteiger charge is 2.31. The normalized spacial score (nSPS) is 19.8. The van der Waals surface area contributed by atoms with Gasteiger partial charge in [0.2, 0.25) is 0 Å². The maximum absolute atomic E-state index is 13.7. The summed E-state index contributed by atoms with van der Waals surface area (Å²) >= 11 is 0. The predicted octanol–water partition coefficient (Wildman–Crippen LogP) is 3.61. The molecule has 0 spiro atoms. The van der Waals surface area contributed by atoms with Crippen LogP contribution in [0.5, 0.6) is 0 Å². The number of ketones is 1. The first-order valence-electron chi connectivity index (χ1n) is 7.77. The van der Waals surface area contributed by atoms with Crippen LogP contribution in [0, 0.1) is 17.5 Å². The van der Waals surface area contributed by atoms with E-state index in [1.165, 1.54) is 0 Å². The smallest absolute Gasteiger partial charge is 0.194 e. The van der Waals surface area contributed by atoms with Gasteiger partial charge >= 0.3 is 0 Å². The zero-order valence-electron chi connectivity index (χ0n) is 12.8. The van der Waals surface area contributed by atoms with E-state index >= 15 is 0 Å². The Morgan fingerprint density at radius 1 is 1.17 bits per heavy atom. The Morgan fingerprint density at radius 2 is 1.96 bits per heavy atom. The summed E-state index contributed by atoms with van der Waals surface area (Å²) < 4.78 is 39.9. The Bertz CT molecular complexity index is 779. The summed E-state index contributed by atoms with van der Waals surface area (Å²) in [5, 5.41) is 9.96. The SMILES string of the molecule is O=C(CCc1ccc(F)c(F)c1F)[C@@H]1CC[C@H](O)c2ncccc21. The van der Waals surface area contributed by atoms with Gasteiger partial charge in [0.05, 0.1) is 11.8 Å². The predicted molar refractivity (Wildman–Crippen MR) is 80.8 cm³/mol. The van der Waals surface area contributed by atoms with Crippen molar-refractivity contribution in [3.05, 3.63) is 64.7 Å². The Kier molecular flexibility index (Phi) is 4.66. The van der Waals surface area contributed by atoms with Crippen LogP contribution in [0.2, 0.25) is 0 Å². The van der Waals surface area contributed by atoms with Gasteiger partial charge in [-0.3, -0.25) is 9.78 Å². The highest BCUT2D eigenvalue weighted by molar-refractivity contribution is 5.86. The van der Waals surface area contributed by atoms with E-state index < -0.39 is 29.5 Å². The van der Waals surface area contributed by atoms with E-state index in [-0.39, 0.29) is 24.2 Å². The second kappa shape index (κ2) is 6.73. The second-order valence-corrected chi connectivity index (χ2v) is 5.92. The molecule has 1 aromatic carbocycles. The van der Waals surface area contributed by atoms with Crippen LogP contribution in [0.25, 0.3) is 0 Å². The molecule has 1 aliphatic rings. The first kappa shape index (κ1) is 16.6. The molecule has 3 rings (SSSR count). The van der Waals surface area contributed by atoms with Crippen molar-refractivity contribution < 1.29 is 23.1 Å². The Morgan fingerprint density at radius 3 is 2.75 bits per heavy atom. The quantitative estimate of drug-likeness (QED) is 0.869. The number of carbonyl (C=O) groups is 1. The highest BCUT2D eigenvalue weighted by atomic mass is 19.2. The number of pyridine rings is 1. The number of halogens is 3. The Balaban J connectivity index is 1.75. The molecule has 24 heavy (non-hydrogen) atoms. The molecule has 2 atom stereocenters. The van der Waals surface area contributed by atoms with Gasteiger partial charge in [-0.1, -0.05) is 12.1 Å². The van der Waals surface area contributed by atoms with Crippen LogP contribution in [-0.4, -0.2) is 15.9 Å². The van der Waals surface area contributed by atoms with Crippen molar-refractivity contribution in [3.63, 3.8) is 0 Å². The zero-order valence-corrected chi connectivity index (χ0v) is 12.8. The third-order valence-corrected chi connectivity index (χ3v) is 4.44. The number of hydrogen-bond donors (Lipinski definition) is 1. The summed E-state index contributed by atoms with van der Waals surface area (Å²) in [5.41, 5.74) is 1.16. The number of nitrogens with zero attached hydrogens (tertiary/aromatic N) is 1. The minimum atomic E-state index is -1.52. The number of fused-ring (bicyclic) bond motifs is 1. The monoisotopic (exact) mass is 335 g/mol. The molecule has 0 saturated heterocycles. The van der Waals surface area contributed by atoms with E-state index in [1.54, 1.807) is 18.3 Å². The number of hydrogen-bond acceptors (Lipinski definition) is 3. The minimum Gasteiger partial charge on any atom is -0.387 e. The van der Waals surface area contributed by atoms with E-state index in [4.69, 9.17) is 0 Å². The van der Waals surface area contributed by atoms with Gasteiger partial charge in [0, 0.05) is 18.5 Å². The molecule has 0 fully saturated rings. The molecule has 0 bridgehead atoms. The molecule has 0 unspecified atom stereocenters. The standard InChI is InChI=1S/C18H16F3NO2/c19-13-6-3-10(16(20)17(13)21)4-7-14(23)11-5-8-15(24)18-12(11)2-1-9-22-18/h1-3,6,9,11,15,24H,4-5,7-8H2/t11-,15+/m1/s1. The first-order chi connectivity index (χ1) is 11.5. The van der Waals surface area contributed by atoms with E-state index in [1.807, 2.05) is 0 Å². The molecule has 0 radical (unpaired) electrons. The maximum atomic E-state index is 13.7. The lowest BCUT2D eigenvalue weighted by molar-refractivity contribution is -0.121. The fourth-order valence-corrected chi connectivity index (χ4v) is 3.15. The van der Waals surface area contributed by atoms with Crippen LogP contribution in [0.4, 0.5) is 13.2 Å². The third-order valence-electron chi connectivity index (χ3n) is 4.44. The zero-order chi connectivity index (χ0) is 17.3. The summed E-state index contributed by atoms with van der Waals surface area (Å²) in [6, 6.07) is 5.47. The molecular formula is C18H16F3NO2. The number of Topliss-reactive ketones (excluding diaryl/α,β-unsaturated/α-hetero) is 1. The maximum Gasteiger partial charge on any atom is 0.194 e. The molecular weight excluding hydrogens is 319 g/mol. The third kappa shape index (κ3) is 3.06. The van der Waals surface area contributed by atoms with Crippen molar-refractivity contribution in [1.82, 2.24) is 4.98 Å². The van der Waals surface area contributed by atoms with Crippen LogP contribution in [0.15, 0.2) is 30.5 Å². The summed E-state index contributed by atoms with van der Waals surface area (Å²) in [6.45, 7) is 0. The number of aliphatic hydroxyl groups is 1. The lowest BCUT2D eigenvalue weighted by Gasteiger charge is -2.27. The Hall–Kier alpha value is -2.21. The van der Waals surface area contributed by atoms with Crippen LogP contribution in [0.1, 0.15) is 48.1 Å². The fraction of sp³-hybridized carbons (Fsp3) is 0.333.